The third-order valence-electron chi connectivity index (χ3n) is 4.25. The van der Waals surface area contributed by atoms with Gasteiger partial charge in [0.2, 0.25) is 15.9 Å². The molecule has 26 heavy (non-hydrogen) atoms. The van der Waals surface area contributed by atoms with Gasteiger partial charge >= 0.3 is 0 Å². The number of nitrogens with one attached hydrogen (secondary N) is 1. The Morgan fingerprint density at radius 2 is 1.88 bits per heavy atom. The molecule has 6 nitrogen and oxygen atoms in total. The fraction of sp³-hybridized carbons (Fsp3) is 0.263. The minimum Gasteiger partial charge on any atom is -0.352 e. The Kier molecular flexibility index (Phi) is 5.08. The lowest BCUT2D eigenvalue weighted by atomic mass is 10.1. The monoisotopic (exact) mass is 372 g/mol. The van der Waals surface area contributed by atoms with Gasteiger partial charge in [-0.2, -0.15) is 0 Å². The molecule has 1 saturated heterocycles. The number of anilines is 1. The highest BCUT2D eigenvalue weighted by Crippen LogP contribution is 2.28. The molecule has 2 aromatic carbocycles. The van der Waals surface area contributed by atoms with Crippen LogP contribution in [0.3, 0.4) is 0 Å². The maximum atomic E-state index is 12.3. The van der Waals surface area contributed by atoms with E-state index in [1.807, 2.05) is 30.3 Å². The van der Waals surface area contributed by atoms with Crippen LogP contribution in [0.15, 0.2) is 54.6 Å². The average Bonchev–Trinajstić information content (AvgIpc) is 2.83. The third kappa shape index (κ3) is 3.77. The number of amides is 2. The molecule has 0 bridgehead atoms. The third-order valence-corrected chi connectivity index (χ3v) is 6.11. The molecule has 0 spiro atoms. The van der Waals surface area contributed by atoms with Gasteiger partial charge < -0.3 is 5.32 Å². The molecule has 0 aliphatic carbocycles. The molecule has 0 radical (unpaired) electrons. The highest BCUT2D eigenvalue weighted by Gasteiger charge is 2.42. The predicted molar refractivity (Wildman–Crippen MR) is 99.4 cm³/mol. The molecule has 1 aliphatic heterocycles. The van der Waals surface area contributed by atoms with Crippen molar-refractivity contribution in [2.75, 3.05) is 16.6 Å². The van der Waals surface area contributed by atoms with Gasteiger partial charge in [-0.15, -0.1) is 0 Å². The number of hydrogen-bond donors (Lipinski definition) is 1. The first-order valence-corrected chi connectivity index (χ1v) is 9.98. The van der Waals surface area contributed by atoms with Crippen molar-refractivity contribution in [2.45, 2.75) is 13.3 Å². The Morgan fingerprint density at radius 3 is 2.54 bits per heavy atom. The molecular weight excluding hydrogens is 352 g/mol. The summed E-state index contributed by atoms with van der Waals surface area (Å²) >= 11 is 0. The van der Waals surface area contributed by atoms with Gasteiger partial charge in [-0.1, -0.05) is 43.3 Å². The van der Waals surface area contributed by atoms with Crippen LogP contribution in [0, 0.1) is 5.92 Å². The zero-order chi connectivity index (χ0) is 18.7. The van der Waals surface area contributed by atoms with Crippen molar-refractivity contribution in [1.82, 2.24) is 5.32 Å². The van der Waals surface area contributed by atoms with Crippen molar-refractivity contribution in [1.29, 1.82) is 0 Å². The summed E-state index contributed by atoms with van der Waals surface area (Å²) in [4.78, 5) is 24.5. The number of carbonyl (C=O) groups excluding carboxylic acids is 2. The van der Waals surface area contributed by atoms with E-state index in [9.17, 15) is 18.0 Å². The lowest BCUT2D eigenvalue weighted by molar-refractivity contribution is -0.119. The first kappa shape index (κ1) is 18.1. The lowest BCUT2D eigenvalue weighted by Gasteiger charge is -2.16. The topological polar surface area (TPSA) is 83.6 Å². The molecule has 1 aliphatic rings. The van der Waals surface area contributed by atoms with Gasteiger partial charge in [-0.05, 0) is 30.2 Å². The first-order valence-electron chi connectivity index (χ1n) is 8.37. The quantitative estimate of drug-likeness (QED) is 0.870. The lowest BCUT2D eigenvalue weighted by Crippen LogP contribution is -2.31. The summed E-state index contributed by atoms with van der Waals surface area (Å²) in [6.45, 7) is 2.05. The van der Waals surface area contributed by atoms with Crippen molar-refractivity contribution in [3.05, 3.63) is 65.7 Å². The van der Waals surface area contributed by atoms with E-state index in [0.29, 0.717) is 18.5 Å². The second kappa shape index (κ2) is 7.29. The maximum absolute atomic E-state index is 12.3. The Balaban J connectivity index is 1.71. The van der Waals surface area contributed by atoms with E-state index in [4.69, 9.17) is 0 Å². The molecule has 136 valence electrons. The second-order valence-electron chi connectivity index (χ2n) is 6.32. The van der Waals surface area contributed by atoms with Crippen LogP contribution in [0.4, 0.5) is 5.69 Å². The van der Waals surface area contributed by atoms with Crippen LogP contribution in [-0.4, -0.2) is 32.5 Å². The normalized spacial score (nSPS) is 18.7. The van der Waals surface area contributed by atoms with Crippen LogP contribution >= 0.6 is 0 Å². The summed E-state index contributed by atoms with van der Waals surface area (Å²) < 4.78 is 25.2. The van der Waals surface area contributed by atoms with Gasteiger partial charge in [0.15, 0.2) is 0 Å². The van der Waals surface area contributed by atoms with Crippen molar-refractivity contribution in [3.8, 4) is 0 Å². The van der Waals surface area contributed by atoms with E-state index in [2.05, 4.69) is 5.32 Å². The Labute approximate surface area is 152 Å². The van der Waals surface area contributed by atoms with E-state index in [-0.39, 0.29) is 17.3 Å². The zero-order valence-electron chi connectivity index (χ0n) is 14.4. The molecule has 3 rings (SSSR count). The molecule has 1 fully saturated rings. The standard InChI is InChI=1S/C19H20N2O4S/c1-14-13-26(24,25)21(19(14)23)17-9-5-8-16(12-17)18(22)20-11-10-15-6-3-2-4-7-15/h2-9,12,14H,10-11,13H2,1H3,(H,20,22). The number of carbonyl (C=O) groups is 2. The minimum atomic E-state index is -3.68. The molecule has 1 atom stereocenters. The molecule has 2 aromatic rings. The van der Waals surface area contributed by atoms with E-state index in [1.54, 1.807) is 19.1 Å². The smallest absolute Gasteiger partial charge is 0.251 e. The molecule has 1 N–H and O–H groups in total. The van der Waals surface area contributed by atoms with E-state index in [1.165, 1.54) is 12.1 Å². The van der Waals surface area contributed by atoms with Gasteiger partial charge in [-0.25, -0.2) is 12.7 Å². The Hall–Kier alpha value is -2.67. The summed E-state index contributed by atoms with van der Waals surface area (Å²) in [6, 6.07) is 15.9. The molecule has 7 heteroatoms. The summed E-state index contributed by atoms with van der Waals surface area (Å²) in [6.07, 6.45) is 0.697. The molecule has 0 aromatic heterocycles. The average molecular weight is 372 g/mol. The molecule has 2 amide bonds. The SMILES string of the molecule is CC1CS(=O)(=O)N(c2cccc(C(=O)NCCc3ccccc3)c2)C1=O. The van der Waals surface area contributed by atoms with Crippen molar-refractivity contribution in [2.24, 2.45) is 5.92 Å². The Bertz CT molecular complexity index is 926. The van der Waals surface area contributed by atoms with Gasteiger partial charge in [0.1, 0.15) is 0 Å². The van der Waals surface area contributed by atoms with Gasteiger partial charge in [0.05, 0.1) is 17.4 Å². The van der Waals surface area contributed by atoms with Crippen LogP contribution in [0.5, 0.6) is 0 Å². The summed E-state index contributed by atoms with van der Waals surface area (Å²) in [5, 5.41) is 2.81. The molecule has 0 saturated carbocycles. The minimum absolute atomic E-state index is 0.204. The van der Waals surface area contributed by atoms with Gasteiger partial charge in [0.25, 0.3) is 5.91 Å². The summed E-state index contributed by atoms with van der Waals surface area (Å²) in [5.41, 5.74) is 1.64. The fourth-order valence-electron chi connectivity index (χ4n) is 2.93. The summed E-state index contributed by atoms with van der Waals surface area (Å²) in [5.74, 6) is -1.56. The van der Waals surface area contributed by atoms with Crippen LogP contribution in [0.25, 0.3) is 0 Å². The van der Waals surface area contributed by atoms with Crippen LogP contribution in [0.1, 0.15) is 22.8 Å². The van der Waals surface area contributed by atoms with Gasteiger partial charge in [-0.3, -0.25) is 9.59 Å². The predicted octanol–water partition coefficient (Wildman–Crippen LogP) is 1.97. The number of hydrogen-bond acceptors (Lipinski definition) is 4. The number of benzene rings is 2. The fourth-order valence-corrected chi connectivity index (χ4v) is 4.74. The van der Waals surface area contributed by atoms with E-state index < -0.39 is 21.8 Å². The molecular formula is C19H20N2O4S. The van der Waals surface area contributed by atoms with E-state index in [0.717, 1.165) is 9.87 Å². The largest absolute Gasteiger partial charge is 0.352 e. The maximum Gasteiger partial charge on any atom is 0.251 e. The zero-order valence-corrected chi connectivity index (χ0v) is 15.2. The van der Waals surface area contributed by atoms with Crippen molar-refractivity contribution < 1.29 is 18.0 Å². The van der Waals surface area contributed by atoms with Crippen molar-refractivity contribution >= 4 is 27.5 Å². The number of sulfonamides is 1. The highest BCUT2D eigenvalue weighted by molar-refractivity contribution is 7.94. The van der Waals surface area contributed by atoms with Gasteiger partial charge in [0, 0.05) is 12.1 Å². The first-order chi connectivity index (χ1) is 12.4. The highest BCUT2D eigenvalue weighted by atomic mass is 32.2. The summed E-state index contributed by atoms with van der Waals surface area (Å²) in [7, 11) is -3.68. The molecule has 1 unspecified atom stereocenters. The van der Waals surface area contributed by atoms with Crippen molar-refractivity contribution in [3.63, 3.8) is 0 Å². The van der Waals surface area contributed by atoms with Crippen LogP contribution < -0.4 is 9.62 Å². The van der Waals surface area contributed by atoms with E-state index >= 15 is 0 Å². The Morgan fingerprint density at radius 1 is 1.15 bits per heavy atom. The second-order valence-corrected chi connectivity index (χ2v) is 8.19. The molecule has 1 heterocycles. The van der Waals surface area contributed by atoms with Crippen LogP contribution in [0.2, 0.25) is 0 Å². The van der Waals surface area contributed by atoms with Crippen LogP contribution in [-0.2, 0) is 21.2 Å². The number of nitrogens with zero attached hydrogens (tertiary/aromatic N) is 1. The number of rotatable bonds is 5.